The molecule has 4 rings (SSSR count). The minimum absolute atomic E-state index is 0.217. The second-order valence-corrected chi connectivity index (χ2v) is 21.3. The highest BCUT2D eigenvalue weighted by Gasteiger charge is 2.77. The van der Waals surface area contributed by atoms with E-state index in [1.54, 1.807) is 0 Å². The van der Waals surface area contributed by atoms with Gasteiger partial charge in [0, 0.05) is 48.0 Å². The van der Waals surface area contributed by atoms with Crippen molar-refractivity contribution in [3.05, 3.63) is 59.7 Å². The van der Waals surface area contributed by atoms with Crippen molar-refractivity contribution in [3.63, 3.8) is 0 Å². The highest BCUT2D eigenvalue weighted by Crippen LogP contribution is 2.43. The number of benzene rings is 2. The van der Waals surface area contributed by atoms with Crippen LogP contribution in [0.2, 0.25) is 5.16 Å². The van der Waals surface area contributed by atoms with Gasteiger partial charge in [-0.2, -0.15) is 0 Å². The number of ether oxygens (including phenoxy) is 2. The van der Waals surface area contributed by atoms with E-state index >= 15 is 0 Å². The predicted octanol–water partition coefficient (Wildman–Crippen LogP) is 8.19. The Labute approximate surface area is 349 Å². The monoisotopic (exact) mass is 856 g/mol. The molecule has 2 saturated carbocycles. The second kappa shape index (κ2) is 22.1. The summed E-state index contributed by atoms with van der Waals surface area (Å²) in [6, 6.07) is 15.8. The molecule has 0 radical (unpaired) electrons. The van der Waals surface area contributed by atoms with Crippen LogP contribution in [0, 0.1) is 5.92 Å². The summed E-state index contributed by atoms with van der Waals surface area (Å²) < 4.78 is 46.6. The number of hydrogen-bond acceptors (Lipinski definition) is 14. The Morgan fingerprint density at radius 2 is 0.932 bits per heavy atom. The molecule has 0 aliphatic heterocycles. The Bertz CT molecular complexity index is 1600. The van der Waals surface area contributed by atoms with Crippen molar-refractivity contribution in [2.24, 2.45) is 5.92 Å². The zero-order valence-corrected chi connectivity index (χ0v) is 37.4. The molecule has 0 heterocycles. The molecule has 14 nitrogen and oxygen atoms in total. The van der Waals surface area contributed by atoms with E-state index in [-0.39, 0.29) is 13.0 Å². The van der Waals surface area contributed by atoms with Crippen LogP contribution in [0.4, 0.5) is 0 Å². The lowest BCUT2D eigenvalue weighted by Crippen LogP contribution is -2.67. The van der Waals surface area contributed by atoms with Crippen LogP contribution < -0.4 is 9.47 Å². The smallest absolute Gasteiger partial charge is 0.494 e. The van der Waals surface area contributed by atoms with Gasteiger partial charge < -0.3 is 36.0 Å². The molecule has 0 amide bonds. The summed E-state index contributed by atoms with van der Waals surface area (Å²) in [6.45, 7) is 8.43. The van der Waals surface area contributed by atoms with Crippen LogP contribution in [-0.2, 0) is 55.3 Å². The summed E-state index contributed by atoms with van der Waals surface area (Å²) in [7, 11) is -10.4. The third-order valence-electron chi connectivity index (χ3n) is 10.6. The van der Waals surface area contributed by atoms with E-state index in [4.69, 9.17) is 36.0 Å². The van der Waals surface area contributed by atoms with Crippen molar-refractivity contribution < 1.29 is 64.8 Å². The standard InChI is InChI=1S/C43H60O14Si2/c1-29-15-17-37(18-16-29)39-21-25-41(26-22-39)51-42(14-11-27-50-40-23-19-38(20-24-40)36-12-9-8-10-13-36)28-43(58(52-30(2)44,53-31(3)45)54-32(4)46)59(55-33(5)47,56-34(6)48)57-35(7)49/h19-26,29,36-37,42-43H,8-18,27-28H2,1-7H3/t29-,37-,42?. The summed E-state index contributed by atoms with van der Waals surface area (Å²) in [5.74, 6) is -3.50. The van der Waals surface area contributed by atoms with E-state index < -0.39 is 71.1 Å². The highest BCUT2D eigenvalue weighted by atomic mass is 28.5. The largest absolute Gasteiger partial charge is 0.716 e. The summed E-state index contributed by atoms with van der Waals surface area (Å²) in [6.07, 6.45) is 9.79. The summed E-state index contributed by atoms with van der Waals surface area (Å²) in [5.41, 5.74) is 2.47. The molecule has 16 heteroatoms. The maximum absolute atomic E-state index is 12.8. The minimum atomic E-state index is -5.22. The first-order valence-corrected chi connectivity index (χ1v) is 24.3. The molecule has 0 saturated heterocycles. The molecule has 324 valence electrons. The lowest BCUT2D eigenvalue weighted by molar-refractivity contribution is -0.148. The molecule has 0 spiro atoms. The zero-order valence-electron chi connectivity index (χ0n) is 35.4. The van der Waals surface area contributed by atoms with Gasteiger partial charge in [0.1, 0.15) is 11.5 Å². The topological polar surface area (TPSA) is 176 Å². The van der Waals surface area contributed by atoms with Crippen LogP contribution in [0.5, 0.6) is 11.5 Å². The van der Waals surface area contributed by atoms with E-state index in [0.717, 1.165) is 67.2 Å². The lowest BCUT2D eigenvalue weighted by atomic mass is 9.79. The molecule has 0 N–H and O–H groups in total. The summed E-state index contributed by atoms with van der Waals surface area (Å²) in [4.78, 5) is 76.8. The summed E-state index contributed by atoms with van der Waals surface area (Å²) in [5, 5.41) is -1.81. The van der Waals surface area contributed by atoms with Gasteiger partial charge in [0.25, 0.3) is 35.8 Å². The fourth-order valence-electron chi connectivity index (χ4n) is 8.12. The predicted molar refractivity (Wildman–Crippen MR) is 219 cm³/mol. The Hall–Kier alpha value is -4.71. The Morgan fingerprint density at radius 3 is 1.34 bits per heavy atom. The van der Waals surface area contributed by atoms with E-state index in [2.05, 4.69) is 19.1 Å². The third-order valence-corrected chi connectivity index (χ3v) is 18.4. The first kappa shape index (κ1) is 47.0. The van der Waals surface area contributed by atoms with Gasteiger partial charge in [-0.1, -0.05) is 63.3 Å². The van der Waals surface area contributed by atoms with Crippen molar-refractivity contribution in [2.75, 3.05) is 6.61 Å². The van der Waals surface area contributed by atoms with Gasteiger partial charge in [-0.05, 0) is 91.7 Å². The normalized spacial score (nSPS) is 17.8. The molecule has 59 heavy (non-hydrogen) atoms. The van der Waals surface area contributed by atoms with Gasteiger partial charge in [-0.15, -0.1) is 0 Å². The van der Waals surface area contributed by atoms with Gasteiger partial charge >= 0.3 is 17.6 Å². The van der Waals surface area contributed by atoms with Gasteiger partial charge in [0.15, 0.2) is 5.16 Å². The van der Waals surface area contributed by atoms with Crippen molar-refractivity contribution in [1.29, 1.82) is 0 Å². The zero-order chi connectivity index (χ0) is 43.2. The minimum Gasteiger partial charge on any atom is -0.494 e. The van der Waals surface area contributed by atoms with Crippen LogP contribution in [0.25, 0.3) is 0 Å². The highest BCUT2D eigenvalue weighted by molar-refractivity contribution is 6.86. The molecule has 0 aromatic heterocycles. The third kappa shape index (κ3) is 14.5. The van der Waals surface area contributed by atoms with Crippen molar-refractivity contribution in [2.45, 2.75) is 149 Å². The first-order valence-electron chi connectivity index (χ1n) is 20.7. The molecule has 0 bridgehead atoms. The van der Waals surface area contributed by atoms with E-state index in [9.17, 15) is 28.8 Å². The van der Waals surface area contributed by atoms with Crippen LogP contribution in [-0.4, -0.2) is 66.1 Å². The van der Waals surface area contributed by atoms with Crippen molar-refractivity contribution in [3.8, 4) is 11.5 Å². The van der Waals surface area contributed by atoms with Crippen LogP contribution in [0.15, 0.2) is 48.5 Å². The van der Waals surface area contributed by atoms with Crippen LogP contribution in [0.3, 0.4) is 0 Å². The first-order chi connectivity index (χ1) is 28.0. The quantitative estimate of drug-likeness (QED) is 0.0976. The molecule has 2 aromatic carbocycles. The van der Waals surface area contributed by atoms with E-state index in [1.165, 1.54) is 43.2 Å². The molecule has 2 fully saturated rings. The van der Waals surface area contributed by atoms with Crippen molar-refractivity contribution >= 4 is 53.4 Å². The average molecular weight is 857 g/mol. The van der Waals surface area contributed by atoms with Gasteiger partial charge in [0.05, 0.1) is 12.7 Å². The van der Waals surface area contributed by atoms with Crippen LogP contribution >= 0.6 is 0 Å². The number of rotatable bonds is 19. The molecule has 2 aliphatic carbocycles. The second-order valence-electron chi connectivity index (χ2n) is 15.7. The lowest BCUT2D eigenvalue weighted by Gasteiger charge is -2.39. The molecule has 2 aliphatic rings. The Morgan fingerprint density at radius 1 is 0.542 bits per heavy atom. The molecular formula is C43H60O14Si2. The van der Waals surface area contributed by atoms with Crippen molar-refractivity contribution in [1.82, 2.24) is 0 Å². The van der Waals surface area contributed by atoms with Crippen LogP contribution in [0.1, 0.15) is 148 Å². The average Bonchev–Trinajstić information content (AvgIpc) is 3.15. The number of carbonyl (C=O) groups excluding carboxylic acids is 6. The SMILES string of the molecule is CC(=O)O[Si](OC(C)=O)(OC(C)=O)C(CC(CCCOc1ccc(C2CCCCC2)cc1)Oc1ccc([C@H]2CC[C@H](C)CC2)cc1)[Si](OC(C)=O)(OC(C)=O)OC(C)=O. The van der Waals surface area contributed by atoms with Gasteiger partial charge in [0.2, 0.25) is 0 Å². The maximum Gasteiger partial charge on any atom is 0.716 e. The Kier molecular flexibility index (Phi) is 17.6. The van der Waals surface area contributed by atoms with E-state index in [1.807, 2.05) is 36.4 Å². The maximum atomic E-state index is 12.8. The molecule has 1 unspecified atom stereocenters. The van der Waals surface area contributed by atoms with Gasteiger partial charge in [-0.3, -0.25) is 28.8 Å². The number of carbonyl (C=O) groups is 6. The fraction of sp³-hybridized carbons (Fsp3) is 0.581. The number of hydrogen-bond donors (Lipinski definition) is 0. The van der Waals surface area contributed by atoms with Gasteiger partial charge in [-0.25, -0.2) is 0 Å². The summed E-state index contributed by atoms with van der Waals surface area (Å²) >= 11 is 0. The molecule has 2 aromatic rings. The van der Waals surface area contributed by atoms with E-state index in [0.29, 0.717) is 35.7 Å². The molecule has 1 atom stereocenters. The molecular weight excluding hydrogens is 797 g/mol. The Balaban J connectivity index is 1.74. The fourth-order valence-corrected chi connectivity index (χ4v) is 15.5.